The van der Waals surface area contributed by atoms with Crippen molar-refractivity contribution >= 4 is 23.6 Å². The molecule has 8 nitrogen and oxygen atoms in total. The van der Waals surface area contributed by atoms with Gasteiger partial charge in [0.15, 0.2) is 0 Å². The van der Waals surface area contributed by atoms with E-state index >= 15 is 0 Å². The van der Waals surface area contributed by atoms with Crippen LogP contribution in [0.1, 0.15) is 46.5 Å². The highest BCUT2D eigenvalue weighted by Gasteiger charge is 2.34. The Kier molecular flexibility index (Phi) is 9.07. The zero-order chi connectivity index (χ0) is 24.7. The highest BCUT2D eigenvalue weighted by molar-refractivity contribution is 5.80. The standard InChI is InChI=1S/C26H38N4O4/c1-18(2)22-15-20(19(3)14-21(22)17-28-24(31)7-8-26(33)34)16-25(32)30-12-10-29(11-13-30)23-6-4-5-9-27-23/h4-6,9,14,18,20-22H,7-8,10-13,15-17H2,1-3H3,(H,28,31)(H,33,34)/t20-,21-,22-/m0/s1. The van der Waals surface area contributed by atoms with E-state index in [1.54, 1.807) is 0 Å². The van der Waals surface area contributed by atoms with Crippen LogP contribution in [-0.4, -0.2) is 55.4 Å². The summed E-state index contributed by atoms with van der Waals surface area (Å²) in [6, 6.07) is 6.03. The van der Waals surface area contributed by atoms with Crippen LogP contribution in [0.4, 0.5) is 5.82 Å². The van der Waals surface area contributed by atoms with Gasteiger partial charge in [-0.25, -0.2) is 4.98 Å². The molecule has 1 aromatic rings. The van der Waals surface area contributed by atoms with Gasteiger partial charge in [0.05, 0.1) is 19.3 Å². The molecule has 0 bridgehead atoms. The number of rotatable bonds is 9. The van der Waals surface area contributed by atoms with Gasteiger partial charge in [0, 0.05) is 31.4 Å². The molecule has 8 heteroatoms. The first-order chi connectivity index (χ1) is 16.2. The van der Waals surface area contributed by atoms with E-state index in [4.69, 9.17) is 0 Å². The predicted octanol–water partition coefficient (Wildman–Crippen LogP) is 1.04. The second-order valence-corrected chi connectivity index (χ2v) is 9.91. The number of aromatic amines is 1. The summed E-state index contributed by atoms with van der Waals surface area (Å²) in [5.41, 5.74) is 1.21. The fourth-order valence-corrected chi connectivity index (χ4v) is 5.16. The number of carbonyl (C=O) groups excluding carboxylic acids is 3. The van der Waals surface area contributed by atoms with E-state index in [0.29, 0.717) is 24.8 Å². The molecule has 1 aromatic heterocycles. The van der Waals surface area contributed by atoms with Crippen molar-refractivity contribution in [1.82, 2.24) is 10.2 Å². The van der Waals surface area contributed by atoms with Crippen LogP contribution in [0.5, 0.6) is 0 Å². The number of nitrogens with zero attached hydrogens (tertiary/aromatic N) is 2. The van der Waals surface area contributed by atoms with Crippen LogP contribution >= 0.6 is 0 Å². The zero-order valence-electron chi connectivity index (χ0n) is 20.6. The van der Waals surface area contributed by atoms with Gasteiger partial charge in [-0.05, 0) is 49.5 Å². The molecular weight excluding hydrogens is 432 g/mol. The third kappa shape index (κ3) is 7.05. The molecule has 1 saturated heterocycles. The van der Waals surface area contributed by atoms with Crippen molar-refractivity contribution in [1.29, 1.82) is 0 Å². The molecule has 2 amide bonds. The second kappa shape index (κ2) is 12.0. The summed E-state index contributed by atoms with van der Waals surface area (Å²) >= 11 is 0. The molecule has 0 spiro atoms. The van der Waals surface area contributed by atoms with Crippen LogP contribution in [0, 0.1) is 23.7 Å². The number of pyridine rings is 1. The molecule has 2 heterocycles. The van der Waals surface area contributed by atoms with Crippen LogP contribution in [-0.2, 0) is 14.4 Å². The van der Waals surface area contributed by atoms with Gasteiger partial charge >= 0.3 is 0 Å². The average Bonchev–Trinajstić information content (AvgIpc) is 2.83. The van der Waals surface area contributed by atoms with Crippen LogP contribution in [0.25, 0.3) is 0 Å². The van der Waals surface area contributed by atoms with Crippen molar-refractivity contribution in [3.8, 4) is 0 Å². The summed E-state index contributed by atoms with van der Waals surface area (Å²) in [5.74, 6) is 0.989. The van der Waals surface area contributed by atoms with Crippen molar-refractivity contribution in [2.75, 3.05) is 37.6 Å². The smallest absolute Gasteiger partial charge is 0.274 e. The highest BCUT2D eigenvalue weighted by Crippen LogP contribution is 2.39. The van der Waals surface area contributed by atoms with E-state index in [2.05, 4.69) is 48.1 Å². The lowest BCUT2D eigenvalue weighted by atomic mass is 9.69. The van der Waals surface area contributed by atoms with Gasteiger partial charge in [-0.2, -0.15) is 0 Å². The van der Waals surface area contributed by atoms with Gasteiger partial charge in [-0.15, -0.1) is 0 Å². The normalized spacial score (nSPS) is 22.9. The minimum Gasteiger partial charge on any atom is -0.550 e. The van der Waals surface area contributed by atoms with E-state index in [9.17, 15) is 19.5 Å². The molecule has 1 aliphatic carbocycles. The number of hydrogen-bond donors (Lipinski definition) is 1. The zero-order valence-corrected chi connectivity index (χ0v) is 20.6. The van der Waals surface area contributed by atoms with Crippen molar-refractivity contribution in [3.05, 3.63) is 36.0 Å². The average molecular weight is 471 g/mol. The fourth-order valence-electron chi connectivity index (χ4n) is 5.16. The molecule has 0 aromatic carbocycles. The van der Waals surface area contributed by atoms with Crippen molar-refractivity contribution in [2.45, 2.75) is 46.5 Å². The predicted molar refractivity (Wildman–Crippen MR) is 127 cm³/mol. The molecule has 2 aliphatic rings. The van der Waals surface area contributed by atoms with Crippen molar-refractivity contribution in [2.24, 2.45) is 23.7 Å². The number of carbonyl (C=O) groups is 3. The fraction of sp³-hybridized carbons (Fsp3) is 0.615. The second-order valence-electron chi connectivity index (χ2n) is 9.91. The number of carboxylic acids is 1. The van der Waals surface area contributed by atoms with E-state index in [1.165, 1.54) is 5.57 Å². The molecule has 1 aliphatic heterocycles. The Bertz CT molecular complexity index is 878. The Morgan fingerprint density at radius 3 is 2.50 bits per heavy atom. The monoisotopic (exact) mass is 470 g/mol. The molecule has 34 heavy (non-hydrogen) atoms. The molecular formula is C26H38N4O4. The first kappa shape index (κ1) is 25.7. The Morgan fingerprint density at radius 2 is 1.88 bits per heavy atom. The number of H-pyrrole nitrogens is 1. The summed E-state index contributed by atoms with van der Waals surface area (Å²) in [6.07, 6.45) is 5.26. The molecule has 2 N–H and O–H groups in total. The molecule has 3 atom stereocenters. The third-order valence-corrected chi connectivity index (χ3v) is 7.26. The van der Waals surface area contributed by atoms with Crippen molar-refractivity contribution in [3.63, 3.8) is 0 Å². The number of carboxylic acid groups (broad SMARTS) is 1. The molecule has 0 unspecified atom stereocenters. The lowest BCUT2D eigenvalue weighted by molar-refractivity contribution is -0.364. The molecule has 0 saturated carbocycles. The van der Waals surface area contributed by atoms with Gasteiger partial charge in [0.1, 0.15) is 13.1 Å². The largest absolute Gasteiger partial charge is 0.550 e. The minimum atomic E-state index is -1.21. The van der Waals surface area contributed by atoms with Crippen LogP contribution in [0.3, 0.4) is 0 Å². The number of allylic oxidation sites excluding steroid dienone is 1. The summed E-state index contributed by atoms with van der Waals surface area (Å²) in [4.78, 5) is 43.2. The van der Waals surface area contributed by atoms with Crippen molar-refractivity contribution < 1.29 is 24.5 Å². The summed E-state index contributed by atoms with van der Waals surface area (Å²) in [6.45, 7) is 10.0. The number of aliphatic carboxylic acids is 1. The molecule has 1 fully saturated rings. The highest BCUT2D eigenvalue weighted by atomic mass is 16.4. The number of piperazine rings is 1. The minimum absolute atomic E-state index is 0.0587. The SMILES string of the molecule is CC1=C[C@@H](CNC(=O)CCC(=O)[O-])[C@H](C(C)C)C[C@H]1CC(=O)N1CCN(c2cccc[nH+]2)CC1. The number of aromatic nitrogens is 1. The molecule has 186 valence electrons. The van der Waals surface area contributed by atoms with E-state index in [1.807, 2.05) is 23.2 Å². The Labute approximate surface area is 202 Å². The number of amides is 2. The quantitative estimate of drug-likeness (QED) is 0.543. The first-order valence-corrected chi connectivity index (χ1v) is 12.4. The maximum atomic E-state index is 13.1. The van der Waals surface area contributed by atoms with Gasteiger partial charge in [-0.3, -0.25) is 14.5 Å². The van der Waals surface area contributed by atoms with E-state index < -0.39 is 5.97 Å². The lowest BCUT2D eigenvalue weighted by Gasteiger charge is -2.38. The Balaban J connectivity index is 1.53. The number of nitrogens with one attached hydrogen (secondary N) is 2. The third-order valence-electron chi connectivity index (χ3n) is 7.26. The van der Waals surface area contributed by atoms with E-state index in [0.717, 1.165) is 38.4 Å². The van der Waals surface area contributed by atoms with Crippen LogP contribution in [0.2, 0.25) is 0 Å². The van der Waals surface area contributed by atoms with Gasteiger partial charge in [0.2, 0.25) is 11.8 Å². The Hall–Kier alpha value is -2.90. The van der Waals surface area contributed by atoms with Gasteiger partial charge < -0.3 is 20.1 Å². The maximum Gasteiger partial charge on any atom is 0.274 e. The van der Waals surface area contributed by atoms with Gasteiger partial charge in [0.25, 0.3) is 5.82 Å². The summed E-state index contributed by atoms with van der Waals surface area (Å²) in [7, 11) is 0. The van der Waals surface area contributed by atoms with Crippen LogP contribution < -0.4 is 20.3 Å². The van der Waals surface area contributed by atoms with Crippen LogP contribution in [0.15, 0.2) is 36.0 Å². The maximum absolute atomic E-state index is 13.1. The summed E-state index contributed by atoms with van der Waals surface area (Å²) < 4.78 is 0. The summed E-state index contributed by atoms with van der Waals surface area (Å²) in [5, 5.41) is 13.5. The molecule has 3 rings (SSSR count). The number of hydrogen-bond acceptors (Lipinski definition) is 5. The lowest BCUT2D eigenvalue weighted by Crippen LogP contribution is -2.50. The number of anilines is 1. The van der Waals surface area contributed by atoms with Gasteiger partial charge in [-0.1, -0.05) is 31.6 Å². The first-order valence-electron chi connectivity index (χ1n) is 12.4. The topological polar surface area (TPSA) is 107 Å². The Morgan fingerprint density at radius 1 is 1.15 bits per heavy atom. The van der Waals surface area contributed by atoms with E-state index in [-0.39, 0.29) is 36.5 Å². The molecule has 0 radical (unpaired) electrons.